The minimum absolute atomic E-state index is 0.0804. The van der Waals surface area contributed by atoms with Crippen LogP contribution in [-0.2, 0) is 6.54 Å². The number of H-pyrrole nitrogens is 1. The smallest absolute Gasteiger partial charge is 0.251 e. The lowest BCUT2D eigenvalue weighted by atomic mass is 9.94. The molecule has 1 atom stereocenters. The van der Waals surface area contributed by atoms with E-state index in [4.69, 9.17) is 4.98 Å². The summed E-state index contributed by atoms with van der Waals surface area (Å²) in [4.78, 5) is 32.2. The highest BCUT2D eigenvalue weighted by Crippen LogP contribution is 2.28. The Morgan fingerprint density at radius 2 is 2.14 bits per heavy atom. The van der Waals surface area contributed by atoms with E-state index in [0.717, 1.165) is 54.4 Å². The van der Waals surface area contributed by atoms with Gasteiger partial charge in [0.2, 0.25) is 0 Å². The monoisotopic (exact) mass is 395 g/mol. The molecule has 146 valence electrons. The van der Waals surface area contributed by atoms with E-state index < -0.39 is 0 Å². The Balaban J connectivity index is 1.49. The van der Waals surface area contributed by atoms with E-state index in [9.17, 15) is 4.79 Å². The van der Waals surface area contributed by atoms with E-state index in [-0.39, 0.29) is 11.5 Å². The summed E-state index contributed by atoms with van der Waals surface area (Å²) in [6.45, 7) is 6.97. The van der Waals surface area contributed by atoms with Crippen molar-refractivity contribution in [3.05, 3.63) is 63.4 Å². The molecular weight excluding hydrogens is 370 g/mol. The number of aromatic amines is 1. The molecule has 1 aliphatic rings. The predicted octanol–water partition coefficient (Wildman–Crippen LogP) is 3.79. The quantitative estimate of drug-likeness (QED) is 0.711. The van der Waals surface area contributed by atoms with Crippen molar-refractivity contribution in [3.8, 4) is 10.7 Å². The third-order valence-electron chi connectivity index (χ3n) is 5.09. The van der Waals surface area contributed by atoms with Crippen molar-refractivity contribution in [1.82, 2.24) is 24.8 Å². The lowest BCUT2D eigenvalue weighted by Gasteiger charge is -2.32. The largest absolute Gasteiger partial charge is 0.306 e. The van der Waals surface area contributed by atoms with Gasteiger partial charge in [-0.05, 0) is 30.8 Å². The zero-order chi connectivity index (χ0) is 19.5. The van der Waals surface area contributed by atoms with Crippen LogP contribution in [0, 0.1) is 0 Å². The zero-order valence-electron chi connectivity index (χ0n) is 16.3. The summed E-state index contributed by atoms with van der Waals surface area (Å²) in [7, 11) is 0. The minimum Gasteiger partial charge on any atom is -0.306 e. The maximum absolute atomic E-state index is 12.2. The molecular formula is C21H25N5OS. The van der Waals surface area contributed by atoms with Crippen LogP contribution in [0.25, 0.3) is 10.7 Å². The summed E-state index contributed by atoms with van der Waals surface area (Å²) in [5.41, 5.74) is 1.94. The molecule has 0 radical (unpaired) electrons. The number of thiophene rings is 1. The van der Waals surface area contributed by atoms with Gasteiger partial charge in [-0.25, -0.2) is 15.0 Å². The average Bonchev–Trinajstić information content (AvgIpc) is 3.23. The Morgan fingerprint density at radius 3 is 2.86 bits per heavy atom. The van der Waals surface area contributed by atoms with Crippen molar-refractivity contribution >= 4 is 11.3 Å². The molecule has 0 spiro atoms. The molecule has 0 aliphatic carbocycles. The first-order valence-corrected chi connectivity index (χ1v) is 10.6. The fourth-order valence-electron chi connectivity index (χ4n) is 3.66. The molecule has 4 heterocycles. The van der Waals surface area contributed by atoms with Crippen LogP contribution in [0.5, 0.6) is 0 Å². The van der Waals surface area contributed by atoms with E-state index in [1.165, 1.54) is 0 Å². The molecule has 6 nitrogen and oxygen atoms in total. The van der Waals surface area contributed by atoms with Crippen LogP contribution in [0.1, 0.15) is 55.6 Å². The van der Waals surface area contributed by atoms with Crippen molar-refractivity contribution in [2.24, 2.45) is 0 Å². The van der Waals surface area contributed by atoms with Crippen molar-refractivity contribution in [3.63, 3.8) is 0 Å². The maximum Gasteiger partial charge on any atom is 0.251 e. The third-order valence-corrected chi connectivity index (χ3v) is 5.96. The number of piperidine rings is 1. The first kappa shape index (κ1) is 19.0. The normalized spacial score (nSPS) is 17.9. The number of nitrogens with zero attached hydrogens (tertiary/aromatic N) is 4. The van der Waals surface area contributed by atoms with Gasteiger partial charge in [-0.3, -0.25) is 9.69 Å². The van der Waals surface area contributed by atoms with Crippen LogP contribution in [-0.4, -0.2) is 37.9 Å². The molecule has 0 amide bonds. The Hall–Kier alpha value is -2.38. The van der Waals surface area contributed by atoms with Gasteiger partial charge in [0.1, 0.15) is 11.6 Å². The Labute approximate surface area is 168 Å². The van der Waals surface area contributed by atoms with Crippen LogP contribution in [0.2, 0.25) is 0 Å². The second-order valence-corrected chi connectivity index (χ2v) is 8.62. The van der Waals surface area contributed by atoms with Crippen molar-refractivity contribution < 1.29 is 0 Å². The van der Waals surface area contributed by atoms with Gasteiger partial charge in [0.05, 0.1) is 10.6 Å². The fourth-order valence-corrected chi connectivity index (χ4v) is 4.33. The Kier molecular flexibility index (Phi) is 5.64. The SMILES string of the molecule is CC(C)c1ncc(CN2CCC[C@@H](c3cc(=O)[nH]c(-c4cccs4)n3)C2)cn1. The zero-order valence-corrected chi connectivity index (χ0v) is 17.1. The molecule has 0 bridgehead atoms. The molecule has 28 heavy (non-hydrogen) atoms. The van der Waals surface area contributed by atoms with E-state index in [0.29, 0.717) is 11.7 Å². The number of aromatic nitrogens is 4. The molecule has 1 aliphatic heterocycles. The Bertz CT molecular complexity index is 965. The summed E-state index contributed by atoms with van der Waals surface area (Å²) in [5.74, 6) is 2.17. The second-order valence-electron chi connectivity index (χ2n) is 7.67. The first-order valence-electron chi connectivity index (χ1n) is 9.77. The Morgan fingerprint density at radius 1 is 1.32 bits per heavy atom. The van der Waals surface area contributed by atoms with Crippen LogP contribution < -0.4 is 5.56 Å². The highest BCUT2D eigenvalue weighted by atomic mass is 32.1. The predicted molar refractivity (Wildman–Crippen MR) is 112 cm³/mol. The van der Waals surface area contributed by atoms with Crippen molar-refractivity contribution in [1.29, 1.82) is 0 Å². The van der Waals surface area contributed by atoms with Crippen LogP contribution >= 0.6 is 11.3 Å². The van der Waals surface area contributed by atoms with Crippen LogP contribution in [0.4, 0.5) is 0 Å². The molecule has 0 unspecified atom stereocenters. The maximum atomic E-state index is 12.2. The molecule has 3 aromatic heterocycles. The summed E-state index contributed by atoms with van der Waals surface area (Å²) >= 11 is 1.59. The third kappa shape index (κ3) is 4.36. The van der Waals surface area contributed by atoms with E-state index >= 15 is 0 Å². The summed E-state index contributed by atoms with van der Waals surface area (Å²) in [6.07, 6.45) is 6.02. The fraction of sp³-hybridized carbons (Fsp3) is 0.429. The lowest BCUT2D eigenvalue weighted by molar-refractivity contribution is 0.198. The van der Waals surface area contributed by atoms with Gasteiger partial charge in [-0.15, -0.1) is 11.3 Å². The van der Waals surface area contributed by atoms with Gasteiger partial charge in [-0.2, -0.15) is 0 Å². The minimum atomic E-state index is -0.0804. The first-order chi connectivity index (χ1) is 13.6. The van der Waals surface area contributed by atoms with Crippen LogP contribution in [0.3, 0.4) is 0 Å². The van der Waals surface area contributed by atoms with Gasteiger partial charge in [0.15, 0.2) is 0 Å². The summed E-state index contributed by atoms with van der Waals surface area (Å²) in [5, 5.41) is 2.00. The van der Waals surface area contributed by atoms with Crippen LogP contribution in [0.15, 0.2) is 40.8 Å². The summed E-state index contributed by atoms with van der Waals surface area (Å²) < 4.78 is 0. The molecule has 1 fully saturated rings. The molecule has 0 aromatic carbocycles. The number of rotatable bonds is 5. The summed E-state index contributed by atoms with van der Waals surface area (Å²) in [6, 6.07) is 5.62. The van der Waals surface area contributed by atoms with E-state index in [1.54, 1.807) is 17.4 Å². The van der Waals surface area contributed by atoms with Gasteiger partial charge in [-0.1, -0.05) is 19.9 Å². The van der Waals surface area contributed by atoms with E-state index in [2.05, 4.69) is 33.7 Å². The van der Waals surface area contributed by atoms with Gasteiger partial charge < -0.3 is 4.98 Å². The molecule has 1 N–H and O–H groups in total. The second kappa shape index (κ2) is 8.32. The molecule has 0 saturated carbocycles. The van der Waals surface area contributed by atoms with Gasteiger partial charge in [0.25, 0.3) is 5.56 Å². The average molecular weight is 396 g/mol. The van der Waals surface area contributed by atoms with Gasteiger partial charge in [0, 0.05) is 48.9 Å². The van der Waals surface area contributed by atoms with Crippen molar-refractivity contribution in [2.75, 3.05) is 13.1 Å². The molecule has 7 heteroatoms. The molecule has 1 saturated heterocycles. The molecule has 4 rings (SSSR count). The standard InChI is InChI=1S/C21H25N5OS/c1-14(2)20-22-10-15(11-23-20)12-26-7-3-5-16(13-26)17-9-19(27)25-21(24-17)18-6-4-8-28-18/h4,6,8-11,14,16H,3,5,7,12-13H2,1-2H3,(H,24,25,27)/t16-/m1/s1. The van der Waals surface area contributed by atoms with Crippen molar-refractivity contribution in [2.45, 2.75) is 45.1 Å². The number of hydrogen-bond acceptors (Lipinski definition) is 6. The number of nitrogens with one attached hydrogen (secondary N) is 1. The molecule has 3 aromatic rings. The van der Waals surface area contributed by atoms with Gasteiger partial charge >= 0.3 is 0 Å². The number of hydrogen-bond donors (Lipinski definition) is 1. The topological polar surface area (TPSA) is 74.8 Å². The lowest BCUT2D eigenvalue weighted by Crippen LogP contribution is -2.34. The highest BCUT2D eigenvalue weighted by molar-refractivity contribution is 7.13. The van der Waals surface area contributed by atoms with E-state index in [1.807, 2.05) is 29.9 Å². The number of likely N-dealkylation sites (tertiary alicyclic amines) is 1. The highest BCUT2D eigenvalue weighted by Gasteiger charge is 2.23.